The van der Waals surface area contributed by atoms with Gasteiger partial charge in [-0.3, -0.25) is 19.6 Å². The van der Waals surface area contributed by atoms with Crippen molar-refractivity contribution in [1.29, 1.82) is 0 Å². The largest absolute Gasteiger partial charge is 0.484 e. The first-order valence-corrected chi connectivity index (χ1v) is 8.89. The number of hydrogen-bond acceptors (Lipinski definition) is 7. The molecule has 0 saturated heterocycles. The summed E-state index contributed by atoms with van der Waals surface area (Å²) in [6, 6.07) is 13.4. The summed E-state index contributed by atoms with van der Waals surface area (Å²) >= 11 is 0. The van der Waals surface area contributed by atoms with Crippen molar-refractivity contribution >= 4 is 24.2 Å². The summed E-state index contributed by atoms with van der Waals surface area (Å²) in [6.07, 6.45) is 9.55. The summed E-state index contributed by atoms with van der Waals surface area (Å²) in [6.45, 7) is -0.213. The number of benzene rings is 1. The SMILES string of the molecule is O=C(COc1ccc(C(=O)N/N=C/c2ccncc2)cc1)N/N=C/c1ccncc1. The molecular weight excluding hydrogens is 384 g/mol. The number of hydrogen-bond donors (Lipinski definition) is 2. The molecule has 2 heterocycles. The lowest BCUT2D eigenvalue weighted by molar-refractivity contribution is -0.123. The highest BCUT2D eigenvalue weighted by Gasteiger charge is 2.06. The topological polar surface area (TPSA) is 118 Å². The van der Waals surface area contributed by atoms with Crippen molar-refractivity contribution in [2.24, 2.45) is 10.2 Å². The van der Waals surface area contributed by atoms with Gasteiger partial charge in [-0.25, -0.2) is 10.9 Å². The molecule has 0 atom stereocenters. The fourth-order valence-corrected chi connectivity index (χ4v) is 2.19. The number of nitrogens with zero attached hydrogens (tertiary/aromatic N) is 4. The average Bonchev–Trinajstić information content (AvgIpc) is 2.79. The van der Waals surface area contributed by atoms with Crippen molar-refractivity contribution in [3.63, 3.8) is 0 Å². The van der Waals surface area contributed by atoms with Gasteiger partial charge in [-0.1, -0.05) is 0 Å². The predicted molar refractivity (Wildman–Crippen MR) is 111 cm³/mol. The van der Waals surface area contributed by atoms with Crippen molar-refractivity contribution < 1.29 is 14.3 Å². The molecule has 2 amide bonds. The fourth-order valence-electron chi connectivity index (χ4n) is 2.19. The van der Waals surface area contributed by atoms with E-state index in [1.165, 1.54) is 12.4 Å². The molecule has 9 nitrogen and oxygen atoms in total. The molecule has 0 saturated carbocycles. The maximum Gasteiger partial charge on any atom is 0.277 e. The Kier molecular flexibility index (Phi) is 7.33. The van der Waals surface area contributed by atoms with Crippen LogP contribution in [0.25, 0.3) is 0 Å². The number of aromatic nitrogens is 2. The first-order chi connectivity index (χ1) is 14.7. The lowest BCUT2D eigenvalue weighted by atomic mass is 10.2. The van der Waals surface area contributed by atoms with Crippen molar-refractivity contribution in [2.75, 3.05) is 6.61 Å². The molecule has 0 fully saturated rings. The van der Waals surface area contributed by atoms with E-state index in [-0.39, 0.29) is 12.5 Å². The minimum absolute atomic E-state index is 0.213. The van der Waals surface area contributed by atoms with Crippen LogP contribution in [0.1, 0.15) is 21.5 Å². The molecule has 3 aromatic rings. The van der Waals surface area contributed by atoms with Crippen LogP contribution < -0.4 is 15.6 Å². The lowest BCUT2D eigenvalue weighted by Gasteiger charge is -2.06. The third-order valence-corrected chi connectivity index (χ3v) is 3.68. The number of carbonyl (C=O) groups is 2. The third-order valence-electron chi connectivity index (χ3n) is 3.68. The van der Waals surface area contributed by atoms with Gasteiger partial charge in [-0.05, 0) is 59.7 Å². The molecule has 9 heteroatoms. The molecule has 0 aliphatic carbocycles. The summed E-state index contributed by atoms with van der Waals surface area (Å²) in [5.41, 5.74) is 6.84. The highest BCUT2D eigenvalue weighted by molar-refractivity contribution is 5.95. The number of ether oxygens (including phenoxy) is 1. The molecule has 30 heavy (non-hydrogen) atoms. The first-order valence-electron chi connectivity index (χ1n) is 8.89. The number of amides is 2. The zero-order valence-corrected chi connectivity index (χ0v) is 15.8. The molecule has 3 rings (SSSR count). The van der Waals surface area contributed by atoms with Crippen LogP contribution in [0, 0.1) is 0 Å². The Bertz CT molecular complexity index is 1020. The van der Waals surface area contributed by atoms with Crippen LogP contribution in [0.5, 0.6) is 5.75 Å². The van der Waals surface area contributed by atoms with Gasteiger partial charge in [0.1, 0.15) is 5.75 Å². The molecule has 1 aromatic carbocycles. The molecular formula is C21H18N6O3. The van der Waals surface area contributed by atoms with Gasteiger partial charge < -0.3 is 4.74 Å². The Morgan fingerprint density at radius 3 is 1.90 bits per heavy atom. The second-order valence-corrected chi connectivity index (χ2v) is 5.87. The van der Waals surface area contributed by atoms with Gasteiger partial charge in [0.15, 0.2) is 6.61 Å². The van der Waals surface area contributed by atoms with Crippen LogP contribution >= 0.6 is 0 Å². The number of hydrazone groups is 2. The quantitative estimate of drug-likeness (QED) is 0.440. The molecule has 0 aliphatic heterocycles. The third kappa shape index (κ3) is 6.64. The van der Waals surface area contributed by atoms with Crippen LogP contribution in [0.2, 0.25) is 0 Å². The van der Waals surface area contributed by atoms with Gasteiger partial charge in [0.25, 0.3) is 11.8 Å². The van der Waals surface area contributed by atoms with Crippen LogP contribution in [0.3, 0.4) is 0 Å². The van der Waals surface area contributed by atoms with Crippen molar-refractivity contribution in [1.82, 2.24) is 20.8 Å². The van der Waals surface area contributed by atoms with E-state index in [0.29, 0.717) is 11.3 Å². The second-order valence-electron chi connectivity index (χ2n) is 5.87. The summed E-state index contributed by atoms with van der Waals surface area (Å²) in [5.74, 6) is -0.331. The summed E-state index contributed by atoms with van der Waals surface area (Å²) in [5, 5.41) is 7.74. The molecule has 150 valence electrons. The molecule has 0 radical (unpaired) electrons. The van der Waals surface area contributed by atoms with Gasteiger partial charge >= 0.3 is 0 Å². The maximum absolute atomic E-state index is 12.1. The Hall–Kier alpha value is -4.40. The zero-order valence-electron chi connectivity index (χ0n) is 15.8. The Morgan fingerprint density at radius 2 is 1.33 bits per heavy atom. The number of carbonyl (C=O) groups excluding carboxylic acids is 2. The summed E-state index contributed by atoms with van der Waals surface area (Å²) in [4.78, 5) is 31.7. The molecule has 0 spiro atoms. The molecule has 0 bridgehead atoms. The van der Waals surface area contributed by atoms with Gasteiger partial charge in [0.2, 0.25) is 0 Å². The Morgan fingerprint density at radius 1 is 0.800 bits per heavy atom. The van der Waals surface area contributed by atoms with Crippen LogP contribution in [0.15, 0.2) is 83.5 Å². The van der Waals surface area contributed by atoms with Crippen molar-refractivity contribution in [2.45, 2.75) is 0 Å². The second kappa shape index (κ2) is 10.8. The van der Waals surface area contributed by atoms with Gasteiger partial charge in [0, 0.05) is 30.4 Å². The molecule has 2 aromatic heterocycles. The number of nitrogens with one attached hydrogen (secondary N) is 2. The van der Waals surface area contributed by atoms with Crippen LogP contribution in [0.4, 0.5) is 0 Å². The molecule has 0 unspecified atom stereocenters. The fraction of sp³-hybridized carbons (Fsp3) is 0.0476. The lowest BCUT2D eigenvalue weighted by Crippen LogP contribution is -2.24. The van der Waals surface area contributed by atoms with Crippen LogP contribution in [-0.4, -0.2) is 40.8 Å². The standard InChI is InChI=1S/C21H18N6O3/c28-20(26-24-13-16-5-9-22-10-6-16)15-30-19-3-1-18(2-4-19)21(29)27-25-14-17-7-11-23-12-8-17/h1-14H,15H2,(H,26,28)(H,27,29)/b24-13+,25-14+. The van der Waals surface area contributed by atoms with E-state index in [1.54, 1.807) is 73.3 Å². The van der Waals surface area contributed by atoms with Gasteiger partial charge in [0.05, 0.1) is 12.4 Å². The highest BCUT2D eigenvalue weighted by atomic mass is 16.5. The van der Waals surface area contributed by atoms with E-state index in [4.69, 9.17) is 4.74 Å². The van der Waals surface area contributed by atoms with E-state index >= 15 is 0 Å². The van der Waals surface area contributed by atoms with Crippen LogP contribution in [-0.2, 0) is 4.79 Å². The van der Waals surface area contributed by atoms with E-state index in [9.17, 15) is 9.59 Å². The van der Waals surface area contributed by atoms with E-state index < -0.39 is 5.91 Å². The van der Waals surface area contributed by atoms with Crippen molar-refractivity contribution in [3.05, 3.63) is 90.0 Å². The van der Waals surface area contributed by atoms with Gasteiger partial charge in [-0.2, -0.15) is 10.2 Å². The predicted octanol–water partition coefficient (Wildman–Crippen LogP) is 1.77. The minimum atomic E-state index is -0.410. The van der Waals surface area contributed by atoms with Crippen molar-refractivity contribution in [3.8, 4) is 5.75 Å². The minimum Gasteiger partial charge on any atom is -0.484 e. The van der Waals surface area contributed by atoms with Gasteiger partial charge in [-0.15, -0.1) is 0 Å². The summed E-state index contributed by atoms with van der Waals surface area (Å²) < 4.78 is 5.38. The Labute approximate surface area is 172 Å². The smallest absolute Gasteiger partial charge is 0.277 e. The monoisotopic (exact) mass is 402 g/mol. The molecule has 0 aliphatic rings. The Balaban J connectivity index is 1.42. The zero-order chi connectivity index (χ0) is 21.0. The van der Waals surface area contributed by atoms with E-state index in [0.717, 1.165) is 11.1 Å². The maximum atomic E-state index is 12.1. The first kappa shape index (κ1) is 20.3. The van der Waals surface area contributed by atoms with E-state index in [1.807, 2.05) is 0 Å². The number of pyridine rings is 2. The molecule has 2 N–H and O–H groups in total. The summed E-state index contributed by atoms with van der Waals surface area (Å²) in [7, 11) is 0. The van der Waals surface area contributed by atoms with E-state index in [2.05, 4.69) is 31.0 Å². The number of rotatable bonds is 8. The highest BCUT2D eigenvalue weighted by Crippen LogP contribution is 2.12. The normalized spacial score (nSPS) is 10.8. The average molecular weight is 402 g/mol.